The van der Waals surface area contributed by atoms with E-state index in [0.717, 1.165) is 17.5 Å². The zero-order valence-corrected chi connectivity index (χ0v) is 10.9. The fourth-order valence-electron chi connectivity index (χ4n) is 3.93. The maximum absolute atomic E-state index is 5.99. The summed E-state index contributed by atoms with van der Waals surface area (Å²) in [6, 6.07) is 8.49. The summed E-state index contributed by atoms with van der Waals surface area (Å²) in [5, 5.41) is 0.834. The smallest absolute Gasteiger partial charge is 0.0406 e. The number of hydrogen-bond donors (Lipinski definition) is 1. The summed E-state index contributed by atoms with van der Waals surface area (Å²) in [5.74, 6) is 1.56. The first-order valence-corrected chi connectivity index (χ1v) is 7.11. The molecule has 2 aliphatic rings. The van der Waals surface area contributed by atoms with Crippen molar-refractivity contribution < 1.29 is 0 Å². The minimum Gasteiger partial charge on any atom is -0.330 e. The fraction of sp³-hybridized carbons (Fsp3) is 0.600. The SMILES string of the molecule is NC[C@@H]1CC1(c1ccc(Cl)cc1)C1CCCC1. The predicted molar refractivity (Wildman–Crippen MR) is 72.2 cm³/mol. The van der Waals surface area contributed by atoms with Gasteiger partial charge in [-0.3, -0.25) is 0 Å². The van der Waals surface area contributed by atoms with Gasteiger partial charge in [-0.15, -0.1) is 0 Å². The van der Waals surface area contributed by atoms with Crippen LogP contribution in [0.4, 0.5) is 0 Å². The third-order valence-corrected chi connectivity index (χ3v) is 5.15. The topological polar surface area (TPSA) is 26.0 Å². The summed E-state index contributed by atoms with van der Waals surface area (Å²) < 4.78 is 0. The quantitative estimate of drug-likeness (QED) is 0.868. The number of rotatable bonds is 3. The van der Waals surface area contributed by atoms with Crippen LogP contribution in [0.3, 0.4) is 0 Å². The van der Waals surface area contributed by atoms with Crippen molar-refractivity contribution in [1.29, 1.82) is 0 Å². The second-order valence-corrected chi connectivity index (χ2v) is 6.10. The van der Waals surface area contributed by atoms with Gasteiger partial charge in [0, 0.05) is 10.4 Å². The molecule has 1 nitrogen and oxygen atoms in total. The van der Waals surface area contributed by atoms with Gasteiger partial charge in [0.2, 0.25) is 0 Å². The summed E-state index contributed by atoms with van der Waals surface area (Å²) in [6.07, 6.45) is 6.86. The van der Waals surface area contributed by atoms with Gasteiger partial charge in [0.25, 0.3) is 0 Å². The van der Waals surface area contributed by atoms with Gasteiger partial charge < -0.3 is 5.73 Å². The summed E-state index contributed by atoms with van der Waals surface area (Å²) in [6.45, 7) is 0.832. The van der Waals surface area contributed by atoms with E-state index >= 15 is 0 Å². The average Bonchev–Trinajstić information content (AvgIpc) is 2.84. The van der Waals surface area contributed by atoms with E-state index in [9.17, 15) is 0 Å². The minimum absolute atomic E-state index is 0.399. The first kappa shape index (κ1) is 11.6. The van der Waals surface area contributed by atoms with E-state index < -0.39 is 0 Å². The molecule has 92 valence electrons. The van der Waals surface area contributed by atoms with Crippen LogP contribution in [0.2, 0.25) is 5.02 Å². The molecule has 0 spiro atoms. The Morgan fingerprint density at radius 1 is 1.18 bits per heavy atom. The Balaban J connectivity index is 1.92. The van der Waals surface area contributed by atoms with Crippen molar-refractivity contribution in [3.8, 4) is 0 Å². The van der Waals surface area contributed by atoms with Crippen LogP contribution in [0.15, 0.2) is 24.3 Å². The van der Waals surface area contributed by atoms with Crippen molar-refractivity contribution in [2.45, 2.75) is 37.5 Å². The van der Waals surface area contributed by atoms with E-state index in [0.29, 0.717) is 11.3 Å². The zero-order valence-electron chi connectivity index (χ0n) is 10.2. The highest BCUT2D eigenvalue weighted by atomic mass is 35.5. The lowest BCUT2D eigenvalue weighted by Crippen LogP contribution is -2.23. The molecule has 0 amide bonds. The van der Waals surface area contributed by atoms with E-state index in [1.807, 2.05) is 12.1 Å². The molecule has 1 unspecified atom stereocenters. The molecule has 0 aliphatic heterocycles. The van der Waals surface area contributed by atoms with Gasteiger partial charge in [-0.2, -0.15) is 0 Å². The average molecular weight is 250 g/mol. The molecule has 2 N–H and O–H groups in total. The second-order valence-electron chi connectivity index (χ2n) is 5.67. The molecule has 3 rings (SSSR count). The maximum Gasteiger partial charge on any atom is 0.0406 e. The van der Waals surface area contributed by atoms with Gasteiger partial charge >= 0.3 is 0 Å². The lowest BCUT2D eigenvalue weighted by molar-refractivity contribution is 0.386. The highest BCUT2D eigenvalue weighted by Gasteiger charge is 2.58. The summed E-state index contributed by atoms with van der Waals surface area (Å²) >= 11 is 5.99. The van der Waals surface area contributed by atoms with Crippen molar-refractivity contribution in [3.63, 3.8) is 0 Å². The molecular formula is C15H20ClN. The largest absolute Gasteiger partial charge is 0.330 e. The first-order chi connectivity index (χ1) is 8.27. The van der Waals surface area contributed by atoms with Gasteiger partial charge in [0.05, 0.1) is 0 Å². The molecule has 0 aromatic heterocycles. The van der Waals surface area contributed by atoms with Gasteiger partial charge in [-0.1, -0.05) is 36.6 Å². The summed E-state index contributed by atoms with van der Waals surface area (Å²) in [7, 11) is 0. The Morgan fingerprint density at radius 2 is 1.82 bits per heavy atom. The van der Waals surface area contributed by atoms with Crippen molar-refractivity contribution >= 4 is 11.6 Å². The van der Waals surface area contributed by atoms with Gasteiger partial charge in [0.15, 0.2) is 0 Å². The number of nitrogens with two attached hydrogens (primary N) is 1. The van der Waals surface area contributed by atoms with Gasteiger partial charge in [-0.25, -0.2) is 0 Å². The van der Waals surface area contributed by atoms with Crippen molar-refractivity contribution in [1.82, 2.24) is 0 Å². The normalized spacial score (nSPS) is 32.9. The van der Waals surface area contributed by atoms with Crippen molar-refractivity contribution in [3.05, 3.63) is 34.9 Å². The van der Waals surface area contributed by atoms with E-state index in [4.69, 9.17) is 17.3 Å². The van der Waals surface area contributed by atoms with Crippen molar-refractivity contribution in [2.24, 2.45) is 17.6 Å². The predicted octanol–water partition coefficient (Wildman–Crippen LogP) is 3.75. The van der Waals surface area contributed by atoms with Crippen LogP contribution >= 0.6 is 11.6 Å². The van der Waals surface area contributed by atoms with Crippen LogP contribution in [0, 0.1) is 11.8 Å². The molecule has 2 heteroatoms. The van der Waals surface area contributed by atoms with Crippen molar-refractivity contribution in [2.75, 3.05) is 6.54 Å². The van der Waals surface area contributed by atoms with Crippen LogP contribution in [0.1, 0.15) is 37.7 Å². The van der Waals surface area contributed by atoms with Crippen LogP contribution < -0.4 is 5.73 Å². The molecule has 1 aromatic carbocycles. The Bertz CT molecular complexity index is 394. The van der Waals surface area contributed by atoms with Gasteiger partial charge in [-0.05, 0) is 55.3 Å². The molecule has 0 saturated heterocycles. The highest BCUT2D eigenvalue weighted by molar-refractivity contribution is 6.30. The molecule has 0 bridgehead atoms. The lowest BCUT2D eigenvalue weighted by atomic mass is 9.79. The van der Waals surface area contributed by atoms with Crippen LogP contribution in [0.25, 0.3) is 0 Å². The first-order valence-electron chi connectivity index (χ1n) is 6.73. The van der Waals surface area contributed by atoms with E-state index in [1.54, 1.807) is 0 Å². The second kappa shape index (κ2) is 4.29. The lowest BCUT2D eigenvalue weighted by Gasteiger charge is -2.25. The fourth-order valence-corrected chi connectivity index (χ4v) is 4.06. The molecule has 2 fully saturated rings. The zero-order chi connectivity index (χ0) is 11.9. The molecule has 2 atom stereocenters. The van der Waals surface area contributed by atoms with E-state index in [1.165, 1.54) is 37.7 Å². The van der Waals surface area contributed by atoms with Crippen LogP contribution in [-0.4, -0.2) is 6.54 Å². The number of benzene rings is 1. The molecule has 17 heavy (non-hydrogen) atoms. The number of halogens is 1. The van der Waals surface area contributed by atoms with Crippen LogP contribution in [-0.2, 0) is 5.41 Å². The third-order valence-electron chi connectivity index (χ3n) is 4.90. The maximum atomic E-state index is 5.99. The third kappa shape index (κ3) is 1.80. The molecular weight excluding hydrogens is 230 g/mol. The Hall–Kier alpha value is -0.530. The monoisotopic (exact) mass is 249 g/mol. The Labute approximate surface area is 108 Å². The Kier molecular flexibility index (Phi) is 2.92. The highest BCUT2D eigenvalue weighted by Crippen LogP contribution is 2.62. The summed E-state index contributed by atoms with van der Waals surface area (Å²) in [5.41, 5.74) is 7.79. The molecule has 1 aromatic rings. The van der Waals surface area contributed by atoms with Crippen LogP contribution in [0.5, 0.6) is 0 Å². The summed E-state index contributed by atoms with van der Waals surface area (Å²) in [4.78, 5) is 0. The molecule has 0 radical (unpaired) electrons. The minimum atomic E-state index is 0.399. The van der Waals surface area contributed by atoms with E-state index in [-0.39, 0.29) is 0 Å². The molecule has 2 aliphatic carbocycles. The number of hydrogen-bond acceptors (Lipinski definition) is 1. The molecule has 2 saturated carbocycles. The van der Waals surface area contributed by atoms with Gasteiger partial charge in [0.1, 0.15) is 0 Å². The van der Waals surface area contributed by atoms with E-state index in [2.05, 4.69) is 12.1 Å². The standard InChI is InChI=1S/C15H20ClN/c16-14-7-5-12(6-8-14)15(9-13(15)10-17)11-3-1-2-4-11/h5-8,11,13H,1-4,9-10,17H2/t13-,15?/m0/s1. The Morgan fingerprint density at radius 3 is 2.35 bits per heavy atom. The molecule has 0 heterocycles.